The van der Waals surface area contributed by atoms with Crippen molar-refractivity contribution in [2.45, 2.75) is 43.5 Å². The summed E-state index contributed by atoms with van der Waals surface area (Å²) in [5, 5.41) is 11.2. The monoisotopic (exact) mass is 346 g/mol. The summed E-state index contributed by atoms with van der Waals surface area (Å²) in [5.41, 5.74) is 0. The Morgan fingerprint density at radius 3 is 3.08 bits per heavy atom. The number of aryl methyl sites for hydroxylation is 1. The van der Waals surface area contributed by atoms with Crippen molar-refractivity contribution in [1.82, 2.24) is 24.7 Å². The van der Waals surface area contributed by atoms with E-state index in [9.17, 15) is 4.79 Å². The zero-order valence-corrected chi connectivity index (χ0v) is 14.3. The van der Waals surface area contributed by atoms with Crippen LogP contribution in [0.4, 0.5) is 5.82 Å². The van der Waals surface area contributed by atoms with E-state index in [0.717, 1.165) is 19.3 Å². The van der Waals surface area contributed by atoms with Crippen molar-refractivity contribution in [3.63, 3.8) is 0 Å². The minimum atomic E-state index is -0.306. The quantitative estimate of drug-likeness (QED) is 0.657. The molecule has 0 saturated carbocycles. The topological polar surface area (TPSA) is 98.2 Å². The maximum Gasteiger partial charge on any atom is 0.253 e. The smallest absolute Gasteiger partial charge is 0.253 e. The molecule has 3 aromatic heterocycles. The molecule has 0 spiro atoms. The molecule has 1 atom stereocenters. The molecule has 3 heterocycles. The zero-order valence-electron chi connectivity index (χ0n) is 13.5. The molecule has 0 aliphatic rings. The summed E-state index contributed by atoms with van der Waals surface area (Å²) in [4.78, 5) is 21.0. The summed E-state index contributed by atoms with van der Waals surface area (Å²) in [6.45, 7) is 3.87. The molecule has 3 rings (SSSR count). The lowest BCUT2D eigenvalue weighted by molar-refractivity contribution is -0.115. The number of rotatable bonds is 7. The number of hydrogen-bond donors (Lipinski definition) is 1. The highest BCUT2D eigenvalue weighted by Gasteiger charge is 2.23. The van der Waals surface area contributed by atoms with Gasteiger partial charge in [-0.1, -0.05) is 36.7 Å². The van der Waals surface area contributed by atoms with Gasteiger partial charge in [0, 0.05) is 18.5 Å². The van der Waals surface area contributed by atoms with Gasteiger partial charge in [0.2, 0.25) is 11.1 Å². The van der Waals surface area contributed by atoms with Crippen LogP contribution in [0, 0.1) is 6.92 Å². The van der Waals surface area contributed by atoms with Crippen LogP contribution in [0.15, 0.2) is 34.2 Å². The highest BCUT2D eigenvalue weighted by Crippen LogP contribution is 2.25. The summed E-state index contributed by atoms with van der Waals surface area (Å²) in [6, 6.07) is 3.47. The normalized spacial score (nSPS) is 12.4. The number of anilines is 1. The van der Waals surface area contributed by atoms with Crippen LogP contribution in [-0.2, 0) is 4.79 Å². The van der Waals surface area contributed by atoms with Gasteiger partial charge in [-0.25, -0.2) is 9.50 Å². The van der Waals surface area contributed by atoms with Crippen molar-refractivity contribution >= 4 is 29.3 Å². The zero-order chi connectivity index (χ0) is 16.9. The molecule has 0 saturated heterocycles. The minimum Gasteiger partial charge on any atom is -0.360 e. The van der Waals surface area contributed by atoms with Crippen molar-refractivity contribution in [2.24, 2.45) is 0 Å². The molecular weight excluding hydrogens is 328 g/mol. The second-order valence-electron chi connectivity index (χ2n) is 5.32. The van der Waals surface area contributed by atoms with Gasteiger partial charge in [0.15, 0.2) is 5.82 Å². The number of fused-ring (bicyclic) bond motifs is 1. The van der Waals surface area contributed by atoms with E-state index in [1.807, 2.05) is 0 Å². The first-order chi connectivity index (χ1) is 11.7. The van der Waals surface area contributed by atoms with Crippen LogP contribution < -0.4 is 5.32 Å². The van der Waals surface area contributed by atoms with Crippen molar-refractivity contribution in [2.75, 3.05) is 5.32 Å². The van der Waals surface area contributed by atoms with Gasteiger partial charge in [-0.2, -0.15) is 4.98 Å². The highest BCUT2D eigenvalue weighted by atomic mass is 32.2. The van der Waals surface area contributed by atoms with Crippen LogP contribution >= 0.6 is 11.8 Å². The third-order valence-electron chi connectivity index (χ3n) is 3.34. The van der Waals surface area contributed by atoms with Crippen LogP contribution in [0.5, 0.6) is 0 Å². The molecule has 0 aliphatic carbocycles. The van der Waals surface area contributed by atoms with E-state index < -0.39 is 0 Å². The molecule has 0 bridgehead atoms. The number of thioether (sulfide) groups is 1. The molecule has 126 valence electrons. The predicted molar refractivity (Wildman–Crippen MR) is 89.8 cm³/mol. The van der Waals surface area contributed by atoms with Gasteiger partial charge in [0.05, 0.1) is 5.25 Å². The molecule has 0 unspecified atom stereocenters. The second kappa shape index (κ2) is 7.43. The van der Waals surface area contributed by atoms with E-state index in [2.05, 4.69) is 32.5 Å². The molecule has 1 N–H and O–H groups in total. The number of aromatic nitrogens is 5. The fraction of sp³-hybridized carbons (Fsp3) is 0.400. The molecule has 0 aromatic carbocycles. The lowest BCUT2D eigenvalue weighted by Crippen LogP contribution is -2.25. The van der Waals surface area contributed by atoms with Crippen molar-refractivity contribution < 1.29 is 9.32 Å². The minimum absolute atomic E-state index is 0.131. The predicted octanol–water partition coefficient (Wildman–Crippen LogP) is 2.71. The molecule has 1 amide bonds. The van der Waals surface area contributed by atoms with Crippen LogP contribution in [-0.4, -0.2) is 35.9 Å². The Morgan fingerprint density at radius 1 is 1.50 bits per heavy atom. The molecule has 8 nitrogen and oxygen atoms in total. The second-order valence-corrected chi connectivity index (χ2v) is 6.49. The fourth-order valence-electron chi connectivity index (χ4n) is 2.16. The van der Waals surface area contributed by atoms with Gasteiger partial charge in [-0.3, -0.25) is 4.79 Å². The van der Waals surface area contributed by atoms with E-state index in [0.29, 0.717) is 22.5 Å². The van der Waals surface area contributed by atoms with E-state index in [1.54, 1.807) is 36.0 Å². The average Bonchev–Trinajstić information content (AvgIpc) is 3.16. The Bertz CT molecular complexity index is 797. The Hall–Kier alpha value is -2.42. The highest BCUT2D eigenvalue weighted by molar-refractivity contribution is 8.00. The van der Waals surface area contributed by atoms with Crippen LogP contribution in [0.1, 0.15) is 31.9 Å². The van der Waals surface area contributed by atoms with Gasteiger partial charge >= 0.3 is 0 Å². The maximum atomic E-state index is 12.6. The molecule has 0 aliphatic heterocycles. The van der Waals surface area contributed by atoms with E-state index in [-0.39, 0.29) is 11.2 Å². The van der Waals surface area contributed by atoms with Gasteiger partial charge in [-0.05, 0) is 19.4 Å². The molecule has 0 radical (unpaired) electrons. The Morgan fingerprint density at radius 2 is 2.38 bits per heavy atom. The third-order valence-corrected chi connectivity index (χ3v) is 4.45. The Labute approximate surface area is 143 Å². The Balaban J connectivity index is 1.73. The van der Waals surface area contributed by atoms with E-state index in [1.165, 1.54) is 11.8 Å². The number of carbonyl (C=O) groups is 1. The van der Waals surface area contributed by atoms with Gasteiger partial charge in [0.1, 0.15) is 5.76 Å². The van der Waals surface area contributed by atoms with Crippen LogP contribution in [0.2, 0.25) is 0 Å². The van der Waals surface area contributed by atoms with Crippen molar-refractivity contribution in [1.29, 1.82) is 0 Å². The number of carbonyl (C=O) groups excluding carboxylic acids is 1. The molecule has 0 fully saturated rings. The molecule has 3 aromatic rings. The van der Waals surface area contributed by atoms with E-state index in [4.69, 9.17) is 4.52 Å². The summed E-state index contributed by atoms with van der Waals surface area (Å²) in [7, 11) is 0. The molecule has 9 heteroatoms. The first-order valence-electron chi connectivity index (χ1n) is 7.74. The lowest BCUT2D eigenvalue weighted by atomic mass is 10.2. The fourth-order valence-corrected chi connectivity index (χ4v) is 3.13. The number of amides is 1. The number of nitrogens with zero attached hydrogens (tertiary/aromatic N) is 5. The van der Waals surface area contributed by atoms with Crippen LogP contribution in [0.25, 0.3) is 5.78 Å². The summed E-state index contributed by atoms with van der Waals surface area (Å²) < 4.78 is 6.57. The Kier molecular flexibility index (Phi) is 5.09. The first-order valence-corrected chi connectivity index (χ1v) is 8.62. The summed E-state index contributed by atoms with van der Waals surface area (Å²) >= 11 is 1.34. The van der Waals surface area contributed by atoms with Gasteiger partial charge in [0.25, 0.3) is 5.78 Å². The maximum absolute atomic E-state index is 12.6. The number of nitrogens with one attached hydrogen (secondary N) is 1. The van der Waals surface area contributed by atoms with Crippen molar-refractivity contribution in [3.05, 3.63) is 30.3 Å². The van der Waals surface area contributed by atoms with Gasteiger partial charge < -0.3 is 9.84 Å². The lowest BCUT2D eigenvalue weighted by Gasteiger charge is -2.13. The summed E-state index contributed by atoms with van der Waals surface area (Å²) in [5.74, 6) is 1.45. The standard InChI is InChI=1S/C15H18N6O2S/c1-3-4-6-11(13(22)17-12-9-10(2)23-20-12)24-15-18-14-16-7-5-8-21(14)19-15/h5,7-9,11H,3-4,6H2,1-2H3,(H,17,20,22)/t11-/m1/s1. The first kappa shape index (κ1) is 16.4. The average molecular weight is 346 g/mol. The van der Waals surface area contributed by atoms with Crippen molar-refractivity contribution in [3.8, 4) is 0 Å². The summed E-state index contributed by atoms with van der Waals surface area (Å²) in [6.07, 6.45) is 6.11. The molecular formula is C15H18N6O2S. The van der Waals surface area contributed by atoms with E-state index >= 15 is 0 Å². The number of unbranched alkanes of at least 4 members (excludes halogenated alkanes) is 1. The number of hydrogen-bond acceptors (Lipinski definition) is 7. The van der Waals surface area contributed by atoms with Gasteiger partial charge in [-0.15, -0.1) is 5.10 Å². The largest absolute Gasteiger partial charge is 0.360 e. The molecule has 24 heavy (non-hydrogen) atoms. The third kappa shape index (κ3) is 3.91. The SMILES string of the molecule is CCCC[C@@H](Sc1nc2ncccn2n1)C(=O)Nc1cc(C)on1. The van der Waals surface area contributed by atoms with Crippen LogP contribution in [0.3, 0.4) is 0 Å².